The number of benzene rings is 1. The van der Waals surface area contributed by atoms with Crippen LogP contribution in [0.25, 0.3) is 0 Å². The van der Waals surface area contributed by atoms with Gasteiger partial charge in [-0.3, -0.25) is 4.79 Å². The van der Waals surface area contributed by atoms with E-state index in [4.69, 9.17) is 5.73 Å². The summed E-state index contributed by atoms with van der Waals surface area (Å²) in [6.07, 6.45) is 2.55. The van der Waals surface area contributed by atoms with Gasteiger partial charge in [-0.25, -0.2) is 13.1 Å². The Labute approximate surface area is 150 Å². The van der Waals surface area contributed by atoms with E-state index >= 15 is 0 Å². The van der Waals surface area contributed by atoms with E-state index in [0.29, 0.717) is 25.1 Å². The second-order valence-electron chi connectivity index (χ2n) is 6.11. The van der Waals surface area contributed by atoms with Crippen molar-refractivity contribution in [2.75, 3.05) is 13.1 Å². The number of carbonyl (C=O) groups is 1. The van der Waals surface area contributed by atoms with Gasteiger partial charge >= 0.3 is 0 Å². The normalized spacial score (nSPS) is 19.5. The lowest BCUT2D eigenvalue weighted by Crippen LogP contribution is -2.45. The zero-order valence-electron chi connectivity index (χ0n) is 14.1. The third kappa shape index (κ3) is 5.17. The predicted octanol–water partition coefficient (Wildman–Crippen LogP) is 1.75. The van der Waals surface area contributed by atoms with Gasteiger partial charge in [0.25, 0.3) is 5.91 Å². The van der Waals surface area contributed by atoms with Gasteiger partial charge in [0, 0.05) is 30.7 Å². The molecule has 0 bridgehead atoms. The Morgan fingerprint density at radius 1 is 1.38 bits per heavy atom. The minimum atomic E-state index is -3.54. The molecule has 1 fully saturated rings. The molecule has 2 atom stereocenters. The van der Waals surface area contributed by atoms with E-state index in [1.54, 1.807) is 17.0 Å². The molecule has 0 radical (unpaired) electrons. The number of nitrogens with one attached hydrogen (secondary N) is 1. The molecule has 0 aromatic heterocycles. The van der Waals surface area contributed by atoms with Crippen LogP contribution in [0.4, 0.5) is 0 Å². The molecule has 6 nitrogen and oxygen atoms in total. The highest BCUT2D eigenvalue weighted by Crippen LogP contribution is 2.16. The van der Waals surface area contributed by atoms with Crippen LogP contribution in [0.1, 0.15) is 43.5 Å². The summed E-state index contributed by atoms with van der Waals surface area (Å²) in [4.78, 5) is 14.3. The Morgan fingerprint density at radius 3 is 2.54 bits per heavy atom. The summed E-state index contributed by atoms with van der Waals surface area (Å²) in [6.45, 7) is 4.98. The Morgan fingerprint density at radius 2 is 2.00 bits per heavy atom. The van der Waals surface area contributed by atoms with Crippen LogP contribution in [0.3, 0.4) is 0 Å². The van der Waals surface area contributed by atoms with Crippen molar-refractivity contribution in [3.05, 3.63) is 29.8 Å². The molecule has 1 aromatic rings. The fourth-order valence-corrected chi connectivity index (χ4v) is 3.90. The number of amides is 1. The highest BCUT2D eigenvalue weighted by Gasteiger charge is 2.23. The monoisotopic (exact) mass is 375 g/mol. The standard InChI is InChI=1S/C16H25N3O3S.ClH/c1-3-12(2)18-23(21,22)15-8-6-13(7-9-15)16(20)19-10-4-5-14(17)11-19;/h6-9,12,14,18H,3-5,10-11,17H2,1-2H3;1H. The van der Waals surface area contributed by atoms with Gasteiger partial charge in [-0.05, 0) is 50.5 Å². The summed E-state index contributed by atoms with van der Waals surface area (Å²) < 4.78 is 27.0. The topological polar surface area (TPSA) is 92.5 Å². The lowest BCUT2D eigenvalue weighted by Gasteiger charge is -2.30. The van der Waals surface area contributed by atoms with Gasteiger partial charge in [-0.2, -0.15) is 0 Å². The molecule has 1 heterocycles. The smallest absolute Gasteiger partial charge is 0.253 e. The maximum atomic E-state index is 12.4. The van der Waals surface area contributed by atoms with E-state index in [-0.39, 0.29) is 35.3 Å². The molecule has 136 valence electrons. The summed E-state index contributed by atoms with van der Waals surface area (Å²) >= 11 is 0. The van der Waals surface area contributed by atoms with Crippen molar-refractivity contribution in [3.8, 4) is 0 Å². The first-order chi connectivity index (χ1) is 10.8. The molecule has 0 aliphatic carbocycles. The number of halogens is 1. The van der Waals surface area contributed by atoms with Gasteiger partial charge in [-0.1, -0.05) is 6.92 Å². The number of piperidine rings is 1. The van der Waals surface area contributed by atoms with Crippen molar-refractivity contribution >= 4 is 28.3 Å². The van der Waals surface area contributed by atoms with Gasteiger partial charge in [-0.15, -0.1) is 12.4 Å². The number of rotatable bonds is 5. The zero-order chi connectivity index (χ0) is 17.0. The Hall–Kier alpha value is -1.15. The number of hydrogen-bond donors (Lipinski definition) is 2. The second-order valence-corrected chi connectivity index (χ2v) is 7.82. The first-order valence-electron chi connectivity index (χ1n) is 8.00. The summed E-state index contributed by atoms with van der Waals surface area (Å²) in [5.41, 5.74) is 6.39. The Bertz CT molecular complexity index is 649. The van der Waals surface area contributed by atoms with E-state index in [9.17, 15) is 13.2 Å². The highest BCUT2D eigenvalue weighted by atomic mass is 35.5. The number of nitrogens with two attached hydrogens (primary N) is 1. The third-order valence-corrected chi connectivity index (χ3v) is 5.73. The quantitative estimate of drug-likeness (QED) is 0.819. The molecule has 8 heteroatoms. The van der Waals surface area contributed by atoms with Crippen LogP contribution < -0.4 is 10.5 Å². The molecule has 1 saturated heterocycles. The van der Waals surface area contributed by atoms with Crippen LogP contribution in [0.5, 0.6) is 0 Å². The molecule has 0 saturated carbocycles. The average molecular weight is 376 g/mol. The first kappa shape index (κ1) is 20.9. The second kappa shape index (κ2) is 8.80. The van der Waals surface area contributed by atoms with Crippen LogP contribution in [-0.4, -0.2) is 44.4 Å². The van der Waals surface area contributed by atoms with Crippen molar-refractivity contribution in [1.82, 2.24) is 9.62 Å². The molecule has 1 aliphatic rings. The lowest BCUT2D eigenvalue weighted by atomic mass is 10.1. The molecule has 2 rings (SSSR count). The predicted molar refractivity (Wildman–Crippen MR) is 96.9 cm³/mol. The van der Waals surface area contributed by atoms with E-state index in [1.165, 1.54) is 12.1 Å². The third-order valence-electron chi connectivity index (χ3n) is 4.13. The average Bonchev–Trinajstić information content (AvgIpc) is 2.53. The van der Waals surface area contributed by atoms with E-state index in [0.717, 1.165) is 12.8 Å². The number of hydrogen-bond acceptors (Lipinski definition) is 4. The lowest BCUT2D eigenvalue weighted by molar-refractivity contribution is 0.0708. The van der Waals surface area contributed by atoms with Crippen molar-refractivity contribution in [3.63, 3.8) is 0 Å². The number of nitrogens with zero attached hydrogens (tertiary/aromatic N) is 1. The summed E-state index contributed by atoms with van der Waals surface area (Å²) in [6, 6.07) is 5.97. The highest BCUT2D eigenvalue weighted by molar-refractivity contribution is 7.89. The van der Waals surface area contributed by atoms with Crippen LogP contribution in [-0.2, 0) is 10.0 Å². The minimum Gasteiger partial charge on any atom is -0.337 e. The van der Waals surface area contributed by atoms with Gasteiger partial charge in [0.05, 0.1) is 4.90 Å². The Balaban J connectivity index is 0.00000288. The van der Waals surface area contributed by atoms with Crippen LogP contribution in [0, 0.1) is 0 Å². The van der Waals surface area contributed by atoms with Crippen molar-refractivity contribution in [1.29, 1.82) is 0 Å². The van der Waals surface area contributed by atoms with Gasteiger partial charge < -0.3 is 10.6 Å². The SMILES string of the molecule is CCC(C)NS(=O)(=O)c1ccc(C(=O)N2CCCC(N)C2)cc1.Cl. The number of sulfonamides is 1. The molecule has 3 N–H and O–H groups in total. The Kier molecular flexibility index (Phi) is 7.66. The fourth-order valence-electron chi connectivity index (χ4n) is 2.57. The summed E-state index contributed by atoms with van der Waals surface area (Å²) in [7, 11) is -3.54. The molecule has 1 amide bonds. The maximum absolute atomic E-state index is 12.4. The largest absolute Gasteiger partial charge is 0.337 e. The van der Waals surface area contributed by atoms with Crippen LogP contribution in [0.2, 0.25) is 0 Å². The van der Waals surface area contributed by atoms with Gasteiger partial charge in [0.2, 0.25) is 10.0 Å². The first-order valence-corrected chi connectivity index (χ1v) is 9.49. The van der Waals surface area contributed by atoms with Crippen molar-refractivity contribution in [2.24, 2.45) is 5.73 Å². The number of likely N-dealkylation sites (tertiary alicyclic amines) is 1. The van der Waals surface area contributed by atoms with Gasteiger partial charge in [0.1, 0.15) is 0 Å². The van der Waals surface area contributed by atoms with Crippen molar-refractivity contribution < 1.29 is 13.2 Å². The van der Waals surface area contributed by atoms with Crippen molar-refractivity contribution in [2.45, 2.75) is 50.1 Å². The molecule has 24 heavy (non-hydrogen) atoms. The maximum Gasteiger partial charge on any atom is 0.253 e. The number of carbonyl (C=O) groups excluding carboxylic acids is 1. The summed E-state index contributed by atoms with van der Waals surface area (Å²) in [5.74, 6) is -0.0982. The van der Waals surface area contributed by atoms with Gasteiger partial charge in [0.15, 0.2) is 0 Å². The minimum absolute atomic E-state index is 0. The van der Waals surface area contributed by atoms with Crippen LogP contribution in [0.15, 0.2) is 29.2 Å². The molecule has 1 aliphatic heterocycles. The van der Waals surface area contributed by atoms with E-state index in [1.807, 2.05) is 13.8 Å². The molecular formula is C16H26ClN3O3S. The molecule has 2 unspecified atom stereocenters. The fraction of sp³-hybridized carbons (Fsp3) is 0.562. The molecular weight excluding hydrogens is 350 g/mol. The van der Waals surface area contributed by atoms with E-state index in [2.05, 4.69) is 4.72 Å². The molecule has 1 aromatic carbocycles. The zero-order valence-corrected chi connectivity index (χ0v) is 15.7. The summed E-state index contributed by atoms with van der Waals surface area (Å²) in [5, 5.41) is 0. The van der Waals surface area contributed by atoms with E-state index < -0.39 is 10.0 Å². The van der Waals surface area contributed by atoms with Crippen LogP contribution >= 0.6 is 12.4 Å². The molecule has 0 spiro atoms.